The second-order valence-corrected chi connectivity index (χ2v) is 9.34. The molecule has 4 aromatic rings. The maximum Gasteiger partial charge on any atom is 0.250 e. The molecule has 1 saturated heterocycles. The molecule has 194 valence electrons. The summed E-state index contributed by atoms with van der Waals surface area (Å²) in [6.07, 6.45) is 3.82. The molecule has 2 aromatic carbocycles. The predicted molar refractivity (Wildman–Crippen MR) is 152 cm³/mol. The van der Waals surface area contributed by atoms with Crippen molar-refractivity contribution < 1.29 is 14.3 Å². The number of hydrogen-bond donors (Lipinski definition) is 2. The van der Waals surface area contributed by atoms with Crippen LogP contribution in [0.2, 0.25) is 0 Å². The number of benzene rings is 2. The normalized spacial score (nSPS) is 16.8. The number of methoxy groups -OCH3 is 2. The minimum absolute atomic E-state index is 0.00487. The van der Waals surface area contributed by atoms with Crippen molar-refractivity contribution in [3.05, 3.63) is 102 Å². The van der Waals surface area contributed by atoms with Gasteiger partial charge in [0.1, 0.15) is 18.4 Å². The molecule has 0 aliphatic carbocycles. The molecule has 2 aromatic heterocycles. The van der Waals surface area contributed by atoms with Gasteiger partial charge in [-0.2, -0.15) is 0 Å². The smallest absolute Gasteiger partial charge is 0.250 e. The molecular weight excluding hydrogens is 498 g/mol. The first kappa shape index (κ1) is 25.4. The summed E-state index contributed by atoms with van der Waals surface area (Å²) in [5.41, 5.74) is 5.38. The predicted octanol–water partition coefficient (Wildman–Crippen LogP) is 4.95. The average molecular weight is 528 g/mol. The number of carbonyl (C=O) groups excluding carboxylic acids is 1. The summed E-state index contributed by atoms with van der Waals surface area (Å²) in [5, 5.41) is 7.00. The van der Waals surface area contributed by atoms with Gasteiger partial charge < -0.3 is 29.6 Å². The second kappa shape index (κ2) is 11.0. The van der Waals surface area contributed by atoms with Crippen LogP contribution in [0.25, 0.3) is 5.69 Å². The van der Waals surface area contributed by atoms with Crippen LogP contribution in [0, 0.1) is 6.92 Å². The minimum Gasteiger partial charge on any atom is -0.495 e. The van der Waals surface area contributed by atoms with E-state index < -0.39 is 0 Å². The Morgan fingerprint density at radius 3 is 2.63 bits per heavy atom. The first-order chi connectivity index (χ1) is 18.5. The number of rotatable bonds is 8. The number of nitrogens with one attached hydrogen (secondary N) is 2. The number of pyridine rings is 1. The van der Waals surface area contributed by atoms with Gasteiger partial charge in [-0.1, -0.05) is 18.2 Å². The molecule has 5 rings (SSSR count). The summed E-state index contributed by atoms with van der Waals surface area (Å²) in [7, 11) is 3.17. The van der Waals surface area contributed by atoms with E-state index in [1.807, 2.05) is 79.9 Å². The first-order valence-electron chi connectivity index (χ1n) is 12.2. The van der Waals surface area contributed by atoms with E-state index in [9.17, 15) is 4.79 Å². The SMILES string of the molecule is COCC(=O)Nc1ccc(N2C(=S)N[C@H](c3ccccn3)[C@@H]2c2cccn2-c2ccccc2OC)cc1C. The van der Waals surface area contributed by atoms with Crippen LogP contribution in [0.5, 0.6) is 5.75 Å². The van der Waals surface area contributed by atoms with Crippen molar-refractivity contribution in [1.29, 1.82) is 0 Å². The van der Waals surface area contributed by atoms with E-state index in [1.165, 1.54) is 7.11 Å². The highest BCUT2D eigenvalue weighted by molar-refractivity contribution is 7.80. The zero-order valence-corrected chi connectivity index (χ0v) is 22.2. The van der Waals surface area contributed by atoms with Crippen LogP contribution in [0.4, 0.5) is 11.4 Å². The second-order valence-electron chi connectivity index (χ2n) is 8.95. The number of nitrogens with zero attached hydrogens (tertiary/aromatic N) is 3. The third kappa shape index (κ3) is 4.85. The Morgan fingerprint density at radius 2 is 1.89 bits per heavy atom. The lowest BCUT2D eigenvalue weighted by atomic mass is 10.00. The van der Waals surface area contributed by atoms with E-state index >= 15 is 0 Å². The van der Waals surface area contributed by atoms with Gasteiger partial charge in [0, 0.05) is 36.6 Å². The maximum atomic E-state index is 12.1. The molecule has 38 heavy (non-hydrogen) atoms. The number of para-hydroxylation sites is 2. The van der Waals surface area contributed by atoms with Gasteiger partial charge in [0.05, 0.1) is 24.5 Å². The molecule has 0 unspecified atom stereocenters. The minimum atomic E-state index is -0.217. The monoisotopic (exact) mass is 527 g/mol. The highest BCUT2D eigenvalue weighted by Gasteiger charge is 2.42. The number of thiocarbonyl (C=S) groups is 1. The number of aromatic nitrogens is 2. The van der Waals surface area contributed by atoms with Gasteiger partial charge in [-0.25, -0.2) is 0 Å². The largest absolute Gasteiger partial charge is 0.495 e. The molecular formula is C29H29N5O3S. The summed E-state index contributed by atoms with van der Waals surface area (Å²) in [5.74, 6) is 0.566. The Labute approximate surface area is 227 Å². The zero-order valence-electron chi connectivity index (χ0n) is 21.4. The molecule has 1 amide bonds. The molecule has 1 fully saturated rings. The van der Waals surface area contributed by atoms with Gasteiger partial charge in [0.2, 0.25) is 5.91 Å². The van der Waals surface area contributed by atoms with Gasteiger partial charge >= 0.3 is 0 Å². The van der Waals surface area contributed by atoms with E-state index in [0.717, 1.165) is 39.8 Å². The van der Waals surface area contributed by atoms with Crippen LogP contribution in [-0.4, -0.2) is 41.4 Å². The van der Waals surface area contributed by atoms with Crippen molar-refractivity contribution >= 4 is 34.6 Å². The van der Waals surface area contributed by atoms with Gasteiger partial charge in [0.15, 0.2) is 5.11 Å². The van der Waals surface area contributed by atoms with Crippen LogP contribution < -0.4 is 20.3 Å². The third-order valence-corrected chi connectivity index (χ3v) is 6.88. The van der Waals surface area contributed by atoms with Crippen molar-refractivity contribution in [3.8, 4) is 11.4 Å². The molecule has 2 atom stereocenters. The third-order valence-electron chi connectivity index (χ3n) is 6.56. The van der Waals surface area contributed by atoms with E-state index in [1.54, 1.807) is 13.3 Å². The topological polar surface area (TPSA) is 80.7 Å². The molecule has 0 saturated carbocycles. The average Bonchev–Trinajstić information content (AvgIpc) is 3.54. The standard InChI is InChI=1S/C29H29N5O3S/c1-19-17-20(13-14-21(19)31-26(35)18-36-2)34-28(27(32-29(34)38)22-9-6-7-15-30-22)24-11-8-16-33(24)23-10-4-5-12-25(23)37-3/h4-17,27-28H,18H2,1-3H3,(H,31,35)(H,32,38)/t27-,28+/m1/s1. The number of hydrogen-bond acceptors (Lipinski definition) is 5. The number of aryl methyl sites for hydroxylation is 1. The summed E-state index contributed by atoms with van der Waals surface area (Å²) in [4.78, 5) is 18.9. The highest BCUT2D eigenvalue weighted by atomic mass is 32.1. The Morgan fingerprint density at radius 1 is 1.08 bits per heavy atom. The van der Waals surface area contributed by atoms with Crippen molar-refractivity contribution in [2.75, 3.05) is 31.0 Å². The summed E-state index contributed by atoms with van der Waals surface area (Å²) in [6.45, 7) is 1.95. The zero-order chi connectivity index (χ0) is 26.6. The van der Waals surface area contributed by atoms with Crippen molar-refractivity contribution in [2.45, 2.75) is 19.0 Å². The summed E-state index contributed by atoms with van der Waals surface area (Å²) in [6, 6.07) is 23.4. The highest BCUT2D eigenvalue weighted by Crippen LogP contribution is 2.43. The van der Waals surface area contributed by atoms with E-state index in [0.29, 0.717) is 5.11 Å². The fourth-order valence-corrected chi connectivity index (χ4v) is 5.22. The molecule has 8 nitrogen and oxygen atoms in total. The van der Waals surface area contributed by atoms with Gasteiger partial charge in [0.25, 0.3) is 0 Å². The Kier molecular flexibility index (Phi) is 7.39. The lowest BCUT2D eigenvalue weighted by molar-refractivity contribution is -0.119. The van der Waals surface area contributed by atoms with Crippen molar-refractivity contribution in [2.24, 2.45) is 0 Å². The van der Waals surface area contributed by atoms with Crippen LogP contribution in [0.1, 0.15) is 29.0 Å². The van der Waals surface area contributed by atoms with E-state index in [4.69, 9.17) is 21.7 Å². The van der Waals surface area contributed by atoms with Crippen LogP contribution >= 0.6 is 12.2 Å². The van der Waals surface area contributed by atoms with Gasteiger partial charge in [-0.05, 0) is 79.3 Å². The molecule has 0 radical (unpaired) electrons. The summed E-state index contributed by atoms with van der Waals surface area (Å²) < 4.78 is 12.8. The van der Waals surface area contributed by atoms with Crippen LogP contribution in [0.3, 0.4) is 0 Å². The van der Waals surface area contributed by atoms with Crippen molar-refractivity contribution in [1.82, 2.24) is 14.9 Å². The number of amides is 1. The van der Waals surface area contributed by atoms with Crippen molar-refractivity contribution in [3.63, 3.8) is 0 Å². The summed E-state index contributed by atoms with van der Waals surface area (Å²) >= 11 is 5.91. The maximum absolute atomic E-state index is 12.1. The Hall–Kier alpha value is -4.21. The fraction of sp³-hybridized carbons (Fsp3) is 0.207. The quantitative estimate of drug-likeness (QED) is 0.314. The van der Waals surface area contributed by atoms with Gasteiger partial charge in [-0.3, -0.25) is 9.78 Å². The number of carbonyl (C=O) groups is 1. The number of anilines is 2. The molecule has 3 heterocycles. The molecule has 0 spiro atoms. The van der Waals surface area contributed by atoms with E-state index in [2.05, 4.69) is 31.2 Å². The fourth-order valence-electron chi connectivity index (χ4n) is 4.87. The Balaban J connectivity index is 1.60. The van der Waals surface area contributed by atoms with Crippen LogP contribution in [0.15, 0.2) is 85.2 Å². The Bertz CT molecular complexity index is 1460. The molecule has 9 heteroatoms. The molecule has 2 N–H and O–H groups in total. The molecule has 0 bridgehead atoms. The number of ether oxygens (including phenoxy) is 2. The van der Waals surface area contributed by atoms with Gasteiger partial charge in [-0.15, -0.1) is 0 Å². The lowest BCUT2D eigenvalue weighted by Crippen LogP contribution is -2.30. The molecule has 1 aliphatic rings. The molecule has 1 aliphatic heterocycles. The van der Waals surface area contributed by atoms with E-state index in [-0.39, 0.29) is 24.6 Å². The lowest BCUT2D eigenvalue weighted by Gasteiger charge is -2.29. The van der Waals surface area contributed by atoms with Crippen LogP contribution in [-0.2, 0) is 9.53 Å². The first-order valence-corrected chi connectivity index (χ1v) is 12.6.